The predicted molar refractivity (Wildman–Crippen MR) is 72.3 cm³/mol. The van der Waals surface area contributed by atoms with Gasteiger partial charge in [-0.3, -0.25) is 4.21 Å². The van der Waals surface area contributed by atoms with Crippen LogP contribution in [0.4, 0.5) is 0 Å². The van der Waals surface area contributed by atoms with Crippen molar-refractivity contribution in [1.82, 2.24) is 9.55 Å². The second-order valence-corrected chi connectivity index (χ2v) is 7.16. The normalized spacial score (nSPS) is 15.5. The highest BCUT2D eigenvalue weighted by Gasteiger charge is 2.25. The monoisotopic (exact) mass is 254 g/mol. The number of nitrogens with zero attached hydrogens (tertiary/aromatic N) is 2. The molecular weight excluding hydrogens is 232 g/mol. The minimum absolute atomic E-state index is 0.0913. The van der Waals surface area contributed by atoms with Gasteiger partial charge in [0.25, 0.3) is 0 Å². The van der Waals surface area contributed by atoms with E-state index in [-0.39, 0.29) is 10.7 Å². The number of aromatic nitrogens is 2. The molecule has 0 aliphatic rings. The summed E-state index contributed by atoms with van der Waals surface area (Å²) in [4.78, 5) is 4.18. The maximum Gasteiger partial charge on any atom is 0.199 e. The van der Waals surface area contributed by atoms with Gasteiger partial charge in [0.05, 0.1) is 10.8 Å². The van der Waals surface area contributed by atoms with Crippen LogP contribution in [0.5, 0.6) is 0 Å². The Morgan fingerprint density at radius 2 is 2.24 bits per heavy atom. The molecular formula is C13H22N2OS. The minimum atomic E-state index is -1.07. The second kappa shape index (κ2) is 5.63. The summed E-state index contributed by atoms with van der Waals surface area (Å²) in [5.74, 6) is 0. The van der Waals surface area contributed by atoms with Gasteiger partial charge in [0, 0.05) is 24.7 Å². The molecule has 0 saturated carbocycles. The van der Waals surface area contributed by atoms with Gasteiger partial charge in [-0.2, -0.15) is 0 Å². The Kier molecular flexibility index (Phi) is 4.69. The van der Waals surface area contributed by atoms with Gasteiger partial charge in [-0.05, 0) is 18.3 Å². The lowest BCUT2D eigenvalue weighted by Gasteiger charge is -2.24. The summed E-state index contributed by atoms with van der Waals surface area (Å²) in [6.07, 6.45) is 7.02. The summed E-state index contributed by atoms with van der Waals surface area (Å²) in [5.41, 5.74) is 0.161. The van der Waals surface area contributed by atoms with E-state index in [4.69, 9.17) is 0 Å². The first-order valence-electron chi connectivity index (χ1n) is 5.84. The first-order chi connectivity index (χ1) is 7.85. The molecule has 1 heterocycles. The molecule has 0 fully saturated rings. The summed E-state index contributed by atoms with van der Waals surface area (Å²) in [6, 6.07) is 0. The van der Waals surface area contributed by atoms with Crippen molar-refractivity contribution in [3.63, 3.8) is 0 Å². The third-order valence-corrected chi connectivity index (χ3v) is 4.25. The van der Waals surface area contributed by atoms with E-state index >= 15 is 0 Å². The zero-order valence-corrected chi connectivity index (χ0v) is 12.0. The highest BCUT2D eigenvalue weighted by molar-refractivity contribution is 7.85. The van der Waals surface area contributed by atoms with Crippen LogP contribution in [-0.4, -0.2) is 19.0 Å². The molecule has 0 aliphatic heterocycles. The van der Waals surface area contributed by atoms with Gasteiger partial charge in [0.1, 0.15) is 0 Å². The van der Waals surface area contributed by atoms with Crippen molar-refractivity contribution in [2.75, 3.05) is 0 Å². The van der Waals surface area contributed by atoms with Gasteiger partial charge in [-0.15, -0.1) is 6.58 Å². The number of imidazole rings is 1. The van der Waals surface area contributed by atoms with Crippen LogP contribution in [0.25, 0.3) is 0 Å². The third-order valence-electron chi connectivity index (χ3n) is 2.53. The van der Waals surface area contributed by atoms with E-state index < -0.39 is 10.8 Å². The van der Waals surface area contributed by atoms with Gasteiger partial charge in [-0.25, -0.2) is 4.98 Å². The molecule has 1 rings (SSSR count). The van der Waals surface area contributed by atoms with E-state index in [0.717, 1.165) is 12.8 Å². The molecule has 2 atom stereocenters. The molecule has 96 valence electrons. The van der Waals surface area contributed by atoms with Crippen LogP contribution >= 0.6 is 0 Å². The Hall–Kier alpha value is -0.900. The highest BCUT2D eigenvalue weighted by atomic mass is 32.2. The van der Waals surface area contributed by atoms with Crippen LogP contribution in [-0.2, 0) is 17.8 Å². The Balaban J connectivity index is 2.88. The molecule has 3 nitrogen and oxygen atoms in total. The first-order valence-corrected chi connectivity index (χ1v) is 7.05. The molecule has 0 amide bonds. The molecule has 0 spiro atoms. The molecule has 0 N–H and O–H groups in total. The lowest BCUT2D eigenvalue weighted by Crippen LogP contribution is -2.23. The number of hydrogen-bond donors (Lipinski definition) is 0. The zero-order valence-electron chi connectivity index (χ0n) is 11.1. The number of rotatable bonds is 5. The van der Waals surface area contributed by atoms with Crippen molar-refractivity contribution in [2.45, 2.75) is 44.0 Å². The van der Waals surface area contributed by atoms with Gasteiger partial charge >= 0.3 is 0 Å². The van der Waals surface area contributed by atoms with Crippen LogP contribution in [0, 0.1) is 5.41 Å². The molecule has 0 unspecified atom stereocenters. The van der Waals surface area contributed by atoms with E-state index in [0.29, 0.717) is 5.16 Å². The van der Waals surface area contributed by atoms with Gasteiger partial charge in [0.15, 0.2) is 5.16 Å². The number of allylic oxidation sites excluding steroid dienone is 1. The van der Waals surface area contributed by atoms with Gasteiger partial charge in [0.2, 0.25) is 0 Å². The number of hydrogen-bond acceptors (Lipinski definition) is 2. The molecule has 0 radical (unpaired) electrons. The van der Waals surface area contributed by atoms with Crippen molar-refractivity contribution < 1.29 is 4.21 Å². The SMILES string of the molecule is C=CC[C@@H](CC(C)(C)C)[S@@](=O)c1nccn1C. The standard InChI is InChI=1S/C13H22N2OS/c1-6-7-11(10-13(2,3)4)17(16)12-14-8-9-15(12)5/h6,8-9,11H,1,7,10H2,2-5H3/t11-,17+/m0/s1. The topological polar surface area (TPSA) is 34.9 Å². The average Bonchev–Trinajstić information content (AvgIpc) is 2.61. The fourth-order valence-electron chi connectivity index (χ4n) is 1.81. The fourth-order valence-corrected chi connectivity index (χ4v) is 3.58. The van der Waals surface area contributed by atoms with E-state index in [1.165, 1.54) is 0 Å². The van der Waals surface area contributed by atoms with Crippen molar-refractivity contribution in [3.05, 3.63) is 25.0 Å². The summed E-state index contributed by atoms with van der Waals surface area (Å²) >= 11 is 0. The Morgan fingerprint density at radius 1 is 1.59 bits per heavy atom. The number of aryl methyl sites for hydroxylation is 1. The summed E-state index contributed by atoms with van der Waals surface area (Å²) < 4.78 is 14.3. The fraction of sp³-hybridized carbons (Fsp3) is 0.615. The highest BCUT2D eigenvalue weighted by Crippen LogP contribution is 2.27. The predicted octanol–water partition coefficient (Wildman–Crippen LogP) is 2.91. The van der Waals surface area contributed by atoms with Crippen molar-refractivity contribution >= 4 is 10.8 Å². The van der Waals surface area contributed by atoms with Crippen molar-refractivity contribution in [3.8, 4) is 0 Å². The van der Waals surface area contributed by atoms with Crippen LogP contribution in [0.15, 0.2) is 30.2 Å². The lowest BCUT2D eigenvalue weighted by atomic mass is 9.89. The van der Waals surface area contributed by atoms with E-state index in [1.807, 2.05) is 23.9 Å². The Morgan fingerprint density at radius 3 is 2.65 bits per heavy atom. The smallest absolute Gasteiger partial charge is 0.199 e. The largest absolute Gasteiger partial charge is 0.327 e. The second-order valence-electron chi connectivity index (χ2n) is 5.53. The van der Waals surface area contributed by atoms with Crippen LogP contribution in [0.2, 0.25) is 0 Å². The zero-order chi connectivity index (χ0) is 13.1. The molecule has 1 aromatic heterocycles. The summed E-state index contributed by atoms with van der Waals surface area (Å²) in [7, 11) is 0.810. The van der Waals surface area contributed by atoms with Crippen LogP contribution < -0.4 is 0 Å². The third kappa shape index (κ3) is 4.11. The molecule has 0 aromatic carbocycles. The van der Waals surface area contributed by atoms with E-state index in [1.54, 1.807) is 6.20 Å². The summed E-state index contributed by atoms with van der Waals surface area (Å²) in [6.45, 7) is 10.3. The van der Waals surface area contributed by atoms with Crippen LogP contribution in [0.1, 0.15) is 33.6 Å². The molecule has 0 bridgehead atoms. The maximum atomic E-state index is 12.5. The molecule has 4 heteroatoms. The molecule has 0 saturated heterocycles. The molecule has 1 aromatic rings. The first kappa shape index (κ1) is 14.2. The molecule has 17 heavy (non-hydrogen) atoms. The van der Waals surface area contributed by atoms with Crippen molar-refractivity contribution in [2.24, 2.45) is 12.5 Å². The Labute approximate surface area is 106 Å². The van der Waals surface area contributed by atoms with Crippen molar-refractivity contribution in [1.29, 1.82) is 0 Å². The lowest BCUT2D eigenvalue weighted by molar-refractivity contribution is 0.369. The minimum Gasteiger partial charge on any atom is -0.327 e. The van der Waals surface area contributed by atoms with Gasteiger partial charge < -0.3 is 4.57 Å². The quantitative estimate of drug-likeness (QED) is 0.757. The summed E-state index contributed by atoms with van der Waals surface area (Å²) in [5, 5.41) is 0.745. The van der Waals surface area contributed by atoms with E-state index in [2.05, 4.69) is 32.3 Å². The maximum absolute atomic E-state index is 12.5. The molecule has 0 aliphatic carbocycles. The van der Waals surface area contributed by atoms with Gasteiger partial charge in [-0.1, -0.05) is 26.8 Å². The van der Waals surface area contributed by atoms with Crippen LogP contribution in [0.3, 0.4) is 0 Å². The van der Waals surface area contributed by atoms with E-state index in [9.17, 15) is 4.21 Å². The average molecular weight is 254 g/mol. The Bertz CT molecular complexity index is 404.